The van der Waals surface area contributed by atoms with Gasteiger partial charge in [-0.2, -0.15) is 0 Å². The van der Waals surface area contributed by atoms with Crippen LogP contribution in [0.1, 0.15) is 18.4 Å². The van der Waals surface area contributed by atoms with Crippen molar-refractivity contribution in [3.05, 3.63) is 23.5 Å². The average molecular weight is 236 g/mol. The Hall–Kier alpha value is -1.62. The van der Waals surface area contributed by atoms with E-state index in [1.165, 1.54) is 6.07 Å². The van der Waals surface area contributed by atoms with Gasteiger partial charge in [-0.3, -0.25) is 4.79 Å². The molecule has 0 aliphatic carbocycles. The van der Waals surface area contributed by atoms with Gasteiger partial charge in [-0.25, -0.2) is 4.39 Å². The Morgan fingerprint density at radius 2 is 2.06 bits per heavy atom. The molecule has 0 unspecified atom stereocenters. The van der Waals surface area contributed by atoms with Crippen LogP contribution in [0.2, 0.25) is 0 Å². The van der Waals surface area contributed by atoms with E-state index >= 15 is 0 Å². The summed E-state index contributed by atoms with van der Waals surface area (Å²) in [4.78, 5) is 12.1. The van der Waals surface area contributed by atoms with Gasteiger partial charge in [-0.1, -0.05) is 0 Å². The molecule has 3 N–H and O–H groups in total. The molecule has 1 amide bonds. The number of fused-ring (bicyclic) bond motifs is 2. The largest absolute Gasteiger partial charge is 0.399 e. The summed E-state index contributed by atoms with van der Waals surface area (Å²) in [5.41, 5.74) is 6.11. The fourth-order valence-corrected chi connectivity index (χ4v) is 2.77. The average Bonchev–Trinajstić information content (AvgIpc) is 2.53. The molecule has 1 aromatic carbocycles. The van der Waals surface area contributed by atoms with Gasteiger partial charge in [0.15, 0.2) is 0 Å². The van der Waals surface area contributed by atoms with E-state index in [1.54, 1.807) is 6.07 Å². The number of nitrogens with two attached hydrogens (primary N) is 1. The molecular formula is C12H13FN2O2. The normalized spacial score (nSPS) is 21.4. The zero-order chi connectivity index (χ0) is 12.0. The Labute approximate surface area is 97.9 Å². The van der Waals surface area contributed by atoms with Gasteiger partial charge in [0.1, 0.15) is 5.82 Å². The summed E-state index contributed by atoms with van der Waals surface area (Å²) in [5.74, 6) is -0.541. The molecule has 5 heteroatoms. The predicted molar refractivity (Wildman–Crippen MR) is 61.2 cm³/mol. The minimum Gasteiger partial charge on any atom is -0.399 e. The van der Waals surface area contributed by atoms with Crippen molar-refractivity contribution in [1.29, 1.82) is 0 Å². The molecule has 90 valence electrons. The standard InChI is InChI=1S/C12H13FN2O2/c13-8-5-7(14)6-9-10(8)12(11(16)15-9)1-3-17-4-2-12/h5-6H,1-4,14H2,(H,15,16). The Bertz CT molecular complexity index is 496. The lowest BCUT2D eigenvalue weighted by Crippen LogP contribution is -2.40. The summed E-state index contributed by atoms with van der Waals surface area (Å²) < 4.78 is 19.3. The number of halogens is 1. The van der Waals surface area contributed by atoms with Crippen molar-refractivity contribution in [2.75, 3.05) is 24.3 Å². The first-order valence-electron chi connectivity index (χ1n) is 5.62. The smallest absolute Gasteiger partial charge is 0.235 e. The van der Waals surface area contributed by atoms with Gasteiger partial charge in [0, 0.05) is 30.2 Å². The molecule has 0 aromatic heterocycles. The third kappa shape index (κ3) is 1.35. The van der Waals surface area contributed by atoms with Crippen molar-refractivity contribution in [3.8, 4) is 0 Å². The van der Waals surface area contributed by atoms with E-state index in [-0.39, 0.29) is 5.91 Å². The quantitative estimate of drug-likeness (QED) is 0.669. The minimum absolute atomic E-state index is 0.139. The molecule has 2 aliphatic rings. The fraction of sp³-hybridized carbons (Fsp3) is 0.417. The Morgan fingerprint density at radius 3 is 2.76 bits per heavy atom. The van der Waals surface area contributed by atoms with Crippen LogP contribution in [-0.4, -0.2) is 19.1 Å². The number of benzene rings is 1. The second-order valence-corrected chi connectivity index (χ2v) is 4.57. The van der Waals surface area contributed by atoms with E-state index in [4.69, 9.17) is 10.5 Å². The highest BCUT2D eigenvalue weighted by Crippen LogP contribution is 2.46. The molecule has 1 fully saturated rings. The summed E-state index contributed by atoms with van der Waals surface area (Å²) in [5, 5.41) is 2.73. The molecule has 1 saturated heterocycles. The molecule has 0 atom stereocenters. The maximum atomic E-state index is 14.0. The van der Waals surface area contributed by atoms with Gasteiger partial charge in [0.25, 0.3) is 0 Å². The van der Waals surface area contributed by atoms with Gasteiger partial charge in [-0.05, 0) is 25.0 Å². The second-order valence-electron chi connectivity index (χ2n) is 4.57. The van der Waals surface area contributed by atoms with Crippen LogP contribution in [0.3, 0.4) is 0 Å². The first-order valence-corrected chi connectivity index (χ1v) is 5.62. The van der Waals surface area contributed by atoms with Gasteiger partial charge in [0.05, 0.1) is 5.41 Å². The van der Waals surface area contributed by atoms with Crippen molar-refractivity contribution < 1.29 is 13.9 Å². The van der Waals surface area contributed by atoms with Gasteiger partial charge in [-0.15, -0.1) is 0 Å². The molecule has 1 aromatic rings. The number of ether oxygens (including phenoxy) is 1. The highest BCUT2D eigenvalue weighted by molar-refractivity contribution is 6.06. The number of nitrogen functional groups attached to an aromatic ring is 1. The van der Waals surface area contributed by atoms with Crippen molar-refractivity contribution in [1.82, 2.24) is 0 Å². The molecule has 17 heavy (non-hydrogen) atoms. The minimum atomic E-state index is -0.759. The van der Waals surface area contributed by atoms with Crippen LogP contribution in [-0.2, 0) is 14.9 Å². The maximum absolute atomic E-state index is 14.0. The zero-order valence-electron chi connectivity index (χ0n) is 9.25. The van der Waals surface area contributed by atoms with Crippen molar-refractivity contribution >= 4 is 17.3 Å². The van der Waals surface area contributed by atoms with E-state index in [0.717, 1.165) is 0 Å². The van der Waals surface area contributed by atoms with Gasteiger partial charge < -0.3 is 15.8 Å². The van der Waals surface area contributed by atoms with E-state index < -0.39 is 11.2 Å². The third-order valence-electron chi connectivity index (χ3n) is 3.62. The van der Waals surface area contributed by atoms with Crippen LogP contribution >= 0.6 is 0 Å². The first-order chi connectivity index (χ1) is 8.13. The maximum Gasteiger partial charge on any atom is 0.235 e. The Kier molecular flexibility index (Phi) is 2.13. The number of anilines is 2. The number of nitrogens with one attached hydrogen (secondary N) is 1. The number of carbonyl (C=O) groups excluding carboxylic acids is 1. The lowest BCUT2D eigenvalue weighted by atomic mass is 9.75. The number of hydrogen-bond acceptors (Lipinski definition) is 3. The highest BCUT2D eigenvalue weighted by Gasteiger charge is 2.49. The summed E-state index contributed by atoms with van der Waals surface area (Å²) >= 11 is 0. The zero-order valence-corrected chi connectivity index (χ0v) is 9.25. The molecule has 1 spiro atoms. The topological polar surface area (TPSA) is 64.3 Å². The first kappa shape index (κ1) is 10.5. The van der Waals surface area contributed by atoms with Crippen LogP contribution in [0.4, 0.5) is 15.8 Å². The summed E-state index contributed by atoms with van der Waals surface area (Å²) in [7, 11) is 0. The van der Waals surface area contributed by atoms with E-state index in [1.807, 2.05) is 0 Å². The van der Waals surface area contributed by atoms with Crippen LogP contribution in [0.5, 0.6) is 0 Å². The Balaban J connectivity index is 2.18. The van der Waals surface area contributed by atoms with E-state index in [9.17, 15) is 9.18 Å². The molecule has 0 bridgehead atoms. The lowest BCUT2D eigenvalue weighted by molar-refractivity contribution is -0.124. The number of amides is 1. The Morgan fingerprint density at radius 1 is 1.35 bits per heavy atom. The third-order valence-corrected chi connectivity index (χ3v) is 3.62. The summed E-state index contributed by atoms with van der Waals surface area (Å²) in [6, 6.07) is 2.89. The van der Waals surface area contributed by atoms with Gasteiger partial charge >= 0.3 is 0 Å². The molecule has 4 nitrogen and oxygen atoms in total. The summed E-state index contributed by atoms with van der Waals surface area (Å²) in [6.07, 6.45) is 1.04. The van der Waals surface area contributed by atoms with E-state index in [0.29, 0.717) is 43.0 Å². The van der Waals surface area contributed by atoms with Crippen molar-refractivity contribution in [3.63, 3.8) is 0 Å². The van der Waals surface area contributed by atoms with Crippen molar-refractivity contribution in [2.24, 2.45) is 0 Å². The number of hydrogen-bond donors (Lipinski definition) is 2. The fourth-order valence-electron chi connectivity index (χ4n) is 2.77. The van der Waals surface area contributed by atoms with Crippen LogP contribution < -0.4 is 11.1 Å². The molecule has 2 aliphatic heterocycles. The second kappa shape index (κ2) is 3.43. The molecular weight excluding hydrogens is 223 g/mol. The SMILES string of the molecule is Nc1cc(F)c2c(c1)NC(=O)C21CCOCC1. The van der Waals surface area contributed by atoms with Crippen molar-refractivity contribution in [2.45, 2.75) is 18.3 Å². The number of carbonyl (C=O) groups is 1. The van der Waals surface area contributed by atoms with Crippen LogP contribution in [0, 0.1) is 5.82 Å². The van der Waals surface area contributed by atoms with Crippen LogP contribution in [0.15, 0.2) is 12.1 Å². The molecule has 0 radical (unpaired) electrons. The van der Waals surface area contributed by atoms with Gasteiger partial charge in [0.2, 0.25) is 5.91 Å². The van der Waals surface area contributed by atoms with Crippen LogP contribution in [0.25, 0.3) is 0 Å². The monoisotopic (exact) mass is 236 g/mol. The summed E-state index contributed by atoms with van der Waals surface area (Å²) in [6.45, 7) is 0.966. The molecule has 2 heterocycles. The molecule has 3 rings (SSSR count). The number of rotatable bonds is 0. The predicted octanol–water partition coefficient (Wildman–Crippen LogP) is 1.41. The van der Waals surface area contributed by atoms with E-state index in [2.05, 4.69) is 5.32 Å². The highest BCUT2D eigenvalue weighted by atomic mass is 19.1. The lowest BCUT2D eigenvalue weighted by Gasteiger charge is -2.31. The molecule has 0 saturated carbocycles.